The minimum atomic E-state index is -0.311. The number of nitrogen functional groups attached to an aromatic ring is 1. The Balaban J connectivity index is 2.79. The van der Waals surface area contributed by atoms with E-state index < -0.39 is 0 Å². The summed E-state index contributed by atoms with van der Waals surface area (Å²) in [5.74, 6) is 0. The van der Waals surface area contributed by atoms with Gasteiger partial charge < -0.3 is 16.4 Å². The lowest BCUT2D eigenvalue weighted by atomic mass is 10.2. The quantitative estimate of drug-likeness (QED) is 0.634. The fourth-order valence-corrected chi connectivity index (χ4v) is 1.07. The predicted molar refractivity (Wildman–Crippen MR) is 58.3 cm³/mol. The van der Waals surface area contributed by atoms with E-state index in [1.807, 2.05) is 13.0 Å². The molecule has 0 aliphatic heterocycles. The number of carbonyl (C=O) groups excluding carboxylic acids is 1. The molecule has 2 amide bonds. The number of nitrogens with one attached hydrogen (secondary N) is 2. The molecule has 78 valence electrons. The molecule has 0 unspecified atom stereocenters. The molecule has 0 radical (unpaired) electrons. The van der Waals surface area contributed by atoms with E-state index in [9.17, 15) is 4.79 Å². The number of hydrogen-bond donors (Lipinski definition) is 3. The van der Waals surface area contributed by atoms with Crippen molar-refractivity contribution < 1.29 is 4.79 Å². The number of anilines is 2. The standard InChI is InChI=1S/C10H12N4O/c1-2-13-10(15)14-9-4-3-7(6-11)5-8(9)12/h3-5H,2,12H2,1H3,(H2,13,14,15). The number of benzene rings is 1. The molecular weight excluding hydrogens is 192 g/mol. The predicted octanol–water partition coefficient (Wildman–Crippen LogP) is 1.28. The summed E-state index contributed by atoms with van der Waals surface area (Å²) in [6.07, 6.45) is 0. The fraction of sp³-hybridized carbons (Fsp3) is 0.200. The first-order chi connectivity index (χ1) is 7.17. The van der Waals surface area contributed by atoms with Gasteiger partial charge in [0.05, 0.1) is 23.0 Å². The number of hydrogen-bond acceptors (Lipinski definition) is 3. The van der Waals surface area contributed by atoms with Crippen molar-refractivity contribution in [2.45, 2.75) is 6.92 Å². The van der Waals surface area contributed by atoms with Crippen LogP contribution in [0.15, 0.2) is 18.2 Å². The number of carbonyl (C=O) groups is 1. The van der Waals surface area contributed by atoms with Crippen LogP contribution in [0.25, 0.3) is 0 Å². The van der Waals surface area contributed by atoms with Crippen LogP contribution in [0.1, 0.15) is 12.5 Å². The average Bonchev–Trinajstić information content (AvgIpc) is 2.21. The van der Waals surface area contributed by atoms with E-state index in [4.69, 9.17) is 11.0 Å². The van der Waals surface area contributed by atoms with Crippen LogP contribution in [0, 0.1) is 11.3 Å². The second-order valence-corrected chi connectivity index (χ2v) is 2.90. The Labute approximate surface area is 87.9 Å². The van der Waals surface area contributed by atoms with Gasteiger partial charge in [-0.2, -0.15) is 5.26 Å². The molecule has 1 rings (SSSR count). The van der Waals surface area contributed by atoms with E-state index in [0.717, 1.165) is 0 Å². The van der Waals surface area contributed by atoms with Crippen molar-refractivity contribution in [1.82, 2.24) is 5.32 Å². The van der Waals surface area contributed by atoms with Crippen molar-refractivity contribution in [2.75, 3.05) is 17.6 Å². The molecule has 0 atom stereocenters. The first kappa shape index (κ1) is 10.9. The van der Waals surface area contributed by atoms with Gasteiger partial charge in [-0.3, -0.25) is 0 Å². The molecule has 0 fully saturated rings. The largest absolute Gasteiger partial charge is 0.397 e. The zero-order valence-corrected chi connectivity index (χ0v) is 8.37. The van der Waals surface area contributed by atoms with Gasteiger partial charge in [0.15, 0.2) is 0 Å². The van der Waals surface area contributed by atoms with E-state index in [1.165, 1.54) is 6.07 Å². The number of rotatable bonds is 2. The van der Waals surface area contributed by atoms with Gasteiger partial charge in [-0.15, -0.1) is 0 Å². The molecule has 0 heterocycles. The van der Waals surface area contributed by atoms with Gasteiger partial charge in [0.2, 0.25) is 0 Å². The fourth-order valence-electron chi connectivity index (χ4n) is 1.07. The van der Waals surface area contributed by atoms with Crippen molar-refractivity contribution in [3.8, 4) is 6.07 Å². The summed E-state index contributed by atoms with van der Waals surface area (Å²) in [6, 6.07) is 6.36. The molecule has 0 aliphatic rings. The first-order valence-corrected chi connectivity index (χ1v) is 4.52. The molecule has 1 aromatic rings. The Morgan fingerprint density at radius 3 is 2.87 bits per heavy atom. The first-order valence-electron chi connectivity index (χ1n) is 4.52. The van der Waals surface area contributed by atoms with Crippen LogP contribution in [-0.2, 0) is 0 Å². The van der Waals surface area contributed by atoms with Crippen LogP contribution in [0.5, 0.6) is 0 Å². The Kier molecular flexibility index (Phi) is 3.52. The maximum Gasteiger partial charge on any atom is 0.319 e. The van der Waals surface area contributed by atoms with Gasteiger partial charge in [0.1, 0.15) is 0 Å². The number of nitrogens with zero attached hydrogens (tertiary/aromatic N) is 1. The summed E-state index contributed by atoms with van der Waals surface area (Å²) in [4.78, 5) is 11.2. The van der Waals surface area contributed by atoms with Crippen molar-refractivity contribution >= 4 is 17.4 Å². The molecule has 1 aromatic carbocycles. The molecule has 0 aromatic heterocycles. The Morgan fingerprint density at radius 1 is 1.60 bits per heavy atom. The van der Waals surface area contributed by atoms with Crippen LogP contribution < -0.4 is 16.4 Å². The van der Waals surface area contributed by atoms with E-state index in [2.05, 4.69) is 10.6 Å². The number of amides is 2. The minimum Gasteiger partial charge on any atom is -0.397 e. The Morgan fingerprint density at radius 2 is 2.33 bits per heavy atom. The lowest BCUT2D eigenvalue weighted by Gasteiger charge is -2.08. The Bertz CT molecular complexity index is 408. The molecule has 5 nitrogen and oxygen atoms in total. The Hall–Kier alpha value is -2.22. The summed E-state index contributed by atoms with van der Waals surface area (Å²) in [5, 5.41) is 13.8. The zero-order valence-electron chi connectivity index (χ0n) is 8.37. The van der Waals surface area contributed by atoms with Gasteiger partial charge >= 0.3 is 6.03 Å². The SMILES string of the molecule is CCNC(=O)Nc1ccc(C#N)cc1N. The van der Waals surface area contributed by atoms with Crippen LogP contribution >= 0.6 is 0 Å². The van der Waals surface area contributed by atoms with Crippen molar-refractivity contribution in [1.29, 1.82) is 5.26 Å². The smallest absolute Gasteiger partial charge is 0.319 e. The highest BCUT2D eigenvalue weighted by atomic mass is 16.2. The van der Waals surface area contributed by atoms with Crippen molar-refractivity contribution in [2.24, 2.45) is 0 Å². The van der Waals surface area contributed by atoms with Crippen molar-refractivity contribution in [3.05, 3.63) is 23.8 Å². The van der Waals surface area contributed by atoms with E-state index in [-0.39, 0.29) is 6.03 Å². The van der Waals surface area contributed by atoms with Gasteiger partial charge in [0, 0.05) is 6.54 Å². The molecule has 15 heavy (non-hydrogen) atoms. The van der Waals surface area contributed by atoms with E-state index >= 15 is 0 Å². The molecule has 0 bridgehead atoms. The minimum absolute atomic E-state index is 0.311. The van der Waals surface area contributed by atoms with Gasteiger partial charge in [-0.1, -0.05) is 0 Å². The normalized spacial score (nSPS) is 9.07. The molecule has 0 aliphatic carbocycles. The highest BCUT2D eigenvalue weighted by molar-refractivity contribution is 5.92. The summed E-state index contributed by atoms with van der Waals surface area (Å²) in [7, 11) is 0. The number of nitrogens with two attached hydrogens (primary N) is 1. The van der Waals surface area contributed by atoms with Crippen LogP contribution in [0.3, 0.4) is 0 Å². The van der Waals surface area contributed by atoms with Crippen LogP contribution in [-0.4, -0.2) is 12.6 Å². The molecule has 0 saturated heterocycles. The zero-order chi connectivity index (χ0) is 11.3. The third-order valence-electron chi connectivity index (χ3n) is 1.77. The average molecular weight is 204 g/mol. The lowest BCUT2D eigenvalue weighted by molar-refractivity contribution is 0.252. The summed E-state index contributed by atoms with van der Waals surface area (Å²) < 4.78 is 0. The number of urea groups is 1. The van der Waals surface area contributed by atoms with Gasteiger partial charge in [-0.25, -0.2) is 4.79 Å². The number of nitriles is 1. The third kappa shape index (κ3) is 2.88. The van der Waals surface area contributed by atoms with Crippen LogP contribution in [0.4, 0.5) is 16.2 Å². The second kappa shape index (κ2) is 4.86. The molecule has 4 N–H and O–H groups in total. The van der Waals surface area contributed by atoms with E-state index in [1.54, 1.807) is 12.1 Å². The lowest BCUT2D eigenvalue weighted by Crippen LogP contribution is -2.28. The van der Waals surface area contributed by atoms with Crippen molar-refractivity contribution in [3.63, 3.8) is 0 Å². The summed E-state index contributed by atoms with van der Waals surface area (Å²) in [5.41, 5.74) is 6.99. The van der Waals surface area contributed by atoms with Crippen LogP contribution in [0.2, 0.25) is 0 Å². The highest BCUT2D eigenvalue weighted by Crippen LogP contribution is 2.19. The molecule has 0 spiro atoms. The molecular formula is C10H12N4O. The topological polar surface area (TPSA) is 90.9 Å². The van der Waals surface area contributed by atoms with E-state index in [0.29, 0.717) is 23.5 Å². The third-order valence-corrected chi connectivity index (χ3v) is 1.77. The summed E-state index contributed by atoms with van der Waals surface area (Å²) >= 11 is 0. The maximum absolute atomic E-state index is 11.2. The monoisotopic (exact) mass is 204 g/mol. The molecule has 5 heteroatoms. The summed E-state index contributed by atoms with van der Waals surface area (Å²) in [6.45, 7) is 2.36. The highest BCUT2D eigenvalue weighted by Gasteiger charge is 2.04. The van der Waals surface area contributed by atoms with Gasteiger partial charge in [0.25, 0.3) is 0 Å². The second-order valence-electron chi connectivity index (χ2n) is 2.90. The van der Waals surface area contributed by atoms with Gasteiger partial charge in [-0.05, 0) is 25.1 Å². The molecule has 0 saturated carbocycles. The maximum atomic E-state index is 11.2.